The maximum atomic E-state index is 13.6. The van der Waals surface area contributed by atoms with Gasteiger partial charge in [-0.2, -0.15) is 0 Å². The molecule has 0 saturated carbocycles. The van der Waals surface area contributed by atoms with E-state index in [1.807, 2.05) is 33.3 Å². The quantitative estimate of drug-likeness (QED) is 0.0212. The Kier molecular flexibility index (Phi) is 62.6. The van der Waals surface area contributed by atoms with Crippen LogP contribution in [0.15, 0.2) is 97.2 Å². The minimum absolute atomic E-state index is 0.0267. The monoisotopic (exact) mass is 1220 g/mol. The van der Waals surface area contributed by atoms with E-state index in [0.29, 0.717) is 17.4 Å². The van der Waals surface area contributed by atoms with Gasteiger partial charge >= 0.3 is 5.97 Å². The van der Waals surface area contributed by atoms with Gasteiger partial charge < -0.3 is 28.5 Å². The number of carbonyl (C=O) groups excluding carboxylic acids is 2. The molecule has 0 heterocycles. The third kappa shape index (κ3) is 65.4. The summed E-state index contributed by atoms with van der Waals surface area (Å²) in [5.41, 5.74) is 0. The Morgan fingerprint density at radius 1 is 0.419 bits per heavy atom. The summed E-state index contributed by atoms with van der Waals surface area (Å²) in [6.45, 7) is 6.73. The Labute approximate surface area is 532 Å². The van der Waals surface area contributed by atoms with E-state index in [0.717, 1.165) is 109 Å². The van der Waals surface area contributed by atoms with Crippen LogP contribution in [0.2, 0.25) is 0 Å². The SMILES string of the molecule is CC/C=C\C/C=C\C/C=C\C/C=C\C/C=C\CCCCCCCCCCCC(=O)NC(COP(=O)([O-])OCC[N+](C)(C)C)C(/C=C/CCCCCCCCCCCC)OC(=O)CCCCCCCCCCCCCCC/C=C\C/C=C\CCCCC. The first-order valence-corrected chi connectivity index (χ1v) is 37.5. The fourth-order valence-corrected chi connectivity index (χ4v) is 11.0. The average molecular weight is 1220 g/mol. The smallest absolute Gasteiger partial charge is 0.306 e. The van der Waals surface area contributed by atoms with Crippen molar-refractivity contribution in [3.63, 3.8) is 0 Å². The lowest BCUT2D eigenvalue weighted by Crippen LogP contribution is -2.47. The fourth-order valence-electron chi connectivity index (χ4n) is 10.2. The van der Waals surface area contributed by atoms with Gasteiger partial charge in [0, 0.05) is 12.8 Å². The predicted octanol–water partition coefficient (Wildman–Crippen LogP) is 22.4. The van der Waals surface area contributed by atoms with E-state index in [4.69, 9.17) is 13.8 Å². The van der Waals surface area contributed by atoms with Crippen LogP contribution in [0, 0.1) is 0 Å². The van der Waals surface area contributed by atoms with Crippen LogP contribution in [0.5, 0.6) is 0 Å². The van der Waals surface area contributed by atoms with Gasteiger partial charge in [0.25, 0.3) is 7.82 Å². The van der Waals surface area contributed by atoms with Crippen LogP contribution in [0.4, 0.5) is 0 Å². The topological polar surface area (TPSA) is 114 Å². The summed E-state index contributed by atoms with van der Waals surface area (Å²) < 4.78 is 30.5. The molecule has 0 fully saturated rings. The number of ether oxygens (including phenoxy) is 1. The molecule has 0 bridgehead atoms. The number of hydrogen-bond donors (Lipinski definition) is 1. The molecule has 9 nitrogen and oxygen atoms in total. The lowest BCUT2D eigenvalue weighted by atomic mass is 10.0. The molecular weight excluding hydrogens is 1080 g/mol. The molecule has 1 N–H and O–H groups in total. The molecular formula is C76H137N2O7P. The molecule has 86 heavy (non-hydrogen) atoms. The highest BCUT2D eigenvalue weighted by Gasteiger charge is 2.27. The van der Waals surface area contributed by atoms with Crippen LogP contribution in [0.25, 0.3) is 0 Å². The molecule has 0 aromatic carbocycles. The summed E-state index contributed by atoms with van der Waals surface area (Å²) >= 11 is 0. The number of allylic oxidation sites excluding steroid dienone is 15. The second-order valence-electron chi connectivity index (χ2n) is 25.4. The number of unbranched alkanes of at least 4 members (excludes halogenated alkanes) is 35. The van der Waals surface area contributed by atoms with Gasteiger partial charge in [-0.15, -0.1) is 0 Å². The van der Waals surface area contributed by atoms with Crippen LogP contribution < -0.4 is 10.2 Å². The summed E-state index contributed by atoms with van der Waals surface area (Å²) in [5, 5.41) is 3.04. The molecule has 0 rings (SSSR count). The van der Waals surface area contributed by atoms with Crippen molar-refractivity contribution >= 4 is 19.7 Å². The molecule has 3 atom stereocenters. The molecule has 0 aromatic heterocycles. The van der Waals surface area contributed by atoms with E-state index in [1.54, 1.807) is 0 Å². The van der Waals surface area contributed by atoms with Gasteiger partial charge in [-0.1, -0.05) is 298 Å². The molecule has 10 heteroatoms. The average Bonchev–Trinajstić information content (AvgIpc) is 3.69. The third-order valence-electron chi connectivity index (χ3n) is 15.7. The molecule has 498 valence electrons. The fraction of sp³-hybridized carbons (Fsp3) is 0.763. The van der Waals surface area contributed by atoms with Crippen molar-refractivity contribution in [1.82, 2.24) is 5.32 Å². The molecule has 0 aromatic rings. The lowest BCUT2D eigenvalue weighted by Gasteiger charge is -2.30. The van der Waals surface area contributed by atoms with Gasteiger partial charge in [0.1, 0.15) is 19.3 Å². The van der Waals surface area contributed by atoms with Crippen molar-refractivity contribution in [3.8, 4) is 0 Å². The first-order chi connectivity index (χ1) is 41.9. The largest absolute Gasteiger partial charge is 0.756 e. The number of carbonyl (C=O) groups is 2. The summed E-state index contributed by atoms with van der Waals surface area (Å²) in [4.78, 5) is 40.2. The first-order valence-electron chi connectivity index (χ1n) is 36.0. The van der Waals surface area contributed by atoms with Crippen LogP contribution in [0.1, 0.15) is 323 Å². The van der Waals surface area contributed by atoms with E-state index < -0.39 is 26.6 Å². The Morgan fingerprint density at radius 2 is 0.744 bits per heavy atom. The van der Waals surface area contributed by atoms with Gasteiger partial charge in [0.2, 0.25) is 5.91 Å². The lowest BCUT2D eigenvalue weighted by molar-refractivity contribution is -0.870. The van der Waals surface area contributed by atoms with Gasteiger partial charge in [-0.25, -0.2) is 0 Å². The number of nitrogens with one attached hydrogen (secondary N) is 1. The maximum absolute atomic E-state index is 13.6. The van der Waals surface area contributed by atoms with Crippen molar-refractivity contribution < 1.29 is 37.3 Å². The Bertz CT molecular complexity index is 1790. The number of rotatable bonds is 65. The minimum Gasteiger partial charge on any atom is -0.756 e. The number of likely N-dealkylation sites (N-methyl/N-ethyl adjacent to an activating group) is 1. The van der Waals surface area contributed by atoms with Crippen LogP contribution >= 0.6 is 7.82 Å². The van der Waals surface area contributed by atoms with Crippen molar-refractivity contribution in [2.24, 2.45) is 0 Å². The normalized spacial score (nSPS) is 14.1. The van der Waals surface area contributed by atoms with Crippen LogP contribution in [-0.4, -0.2) is 69.4 Å². The predicted molar refractivity (Wildman–Crippen MR) is 371 cm³/mol. The van der Waals surface area contributed by atoms with Gasteiger partial charge in [0.15, 0.2) is 0 Å². The van der Waals surface area contributed by atoms with E-state index in [1.165, 1.54) is 180 Å². The number of nitrogens with zero attached hydrogens (tertiary/aromatic N) is 1. The Morgan fingerprint density at radius 3 is 1.14 bits per heavy atom. The molecule has 0 aliphatic rings. The number of esters is 1. The number of amides is 1. The number of quaternary nitrogens is 1. The summed E-state index contributed by atoms with van der Waals surface area (Å²) in [7, 11) is 1.18. The van der Waals surface area contributed by atoms with E-state index in [-0.39, 0.29) is 24.9 Å². The van der Waals surface area contributed by atoms with Crippen molar-refractivity contribution in [3.05, 3.63) is 97.2 Å². The molecule has 0 radical (unpaired) electrons. The molecule has 1 amide bonds. The second-order valence-corrected chi connectivity index (χ2v) is 26.8. The molecule has 0 spiro atoms. The maximum Gasteiger partial charge on any atom is 0.306 e. The zero-order valence-corrected chi connectivity index (χ0v) is 57.9. The number of phosphoric ester groups is 1. The standard InChI is InChI=1S/C76H137N2O7P/c1-7-10-13-16-19-22-25-28-30-32-34-36-38-39-41-42-44-46-48-50-53-56-59-62-65-68-75(79)77-73(72-84-86(81,82)83-71-70-78(4,5)6)74(67-64-61-58-55-52-27-24-21-18-15-12-9-3)85-76(80)69-66-63-60-57-54-51-49-47-45-43-40-37-35-33-31-29-26-23-20-17-14-11-8-2/h10,13,19-20,22-23,28-31,34,36,39,41,64,67,73-74H,7-9,11-12,14-18,21,24-27,32-33,35,37-38,40,42-63,65-66,68-72H2,1-6H3,(H-,77,79,81,82)/b13-10-,22-19-,23-20-,30-28-,31-29-,36-34-,41-39-,67-64+. The number of phosphoric acid groups is 1. The summed E-state index contributed by atoms with van der Waals surface area (Å²) in [5.74, 6) is -0.544. The van der Waals surface area contributed by atoms with E-state index in [2.05, 4.69) is 111 Å². The second kappa shape index (κ2) is 64.9. The highest BCUT2D eigenvalue weighted by atomic mass is 31.2. The van der Waals surface area contributed by atoms with Gasteiger partial charge in [0.05, 0.1) is 33.8 Å². The van der Waals surface area contributed by atoms with Gasteiger partial charge in [-0.05, 0) is 109 Å². The van der Waals surface area contributed by atoms with Crippen molar-refractivity contribution in [2.45, 2.75) is 335 Å². The Hall–Kier alpha value is -3.07. The van der Waals surface area contributed by atoms with E-state index in [9.17, 15) is 19.0 Å². The molecule has 0 aliphatic heterocycles. The first kappa shape index (κ1) is 82.9. The van der Waals surface area contributed by atoms with Crippen LogP contribution in [0.3, 0.4) is 0 Å². The van der Waals surface area contributed by atoms with Gasteiger partial charge in [-0.3, -0.25) is 14.2 Å². The molecule has 0 saturated heterocycles. The van der Waals surface area contributed by atoms with Crippen LogP contribution in [-0.2, 0) is 27.9 Å². The molecule has 3 unspecified atom stereocenters. The van der Waals surface area contributed by atoms with Crippen molar-refractivity contribution in [1.29, 1.82) is 0 Å². The summed E-state index contributed by atoms with van der Waals surface area (Å²) in [6, 6.07) is -0.898. The highest BCUT2D eigenvalue weighted by molar-refractivity contribution is 7.45. The third-order valence-corrected chi connectivity index (χ3v) is 16.7. The summed E-state index contributed by atoms with van der Waals surface area (Å²) in [6.07, 6.45) is 88.1. The highest BCUT2D eigenvalue weighted by Crippen LogP contribution is 2.38. The minimum atomic E-state index is -4.71. The van der Waals surface area contributed by atoms with Crippen molar-refractivity contribution in [2.75, 3.05) is 40.9 Å². The Balaban J connectivity index is 5.07. The zero-order chi connectivity index (χ0) is 62.8. The zero-order valence-electron chi connectivity index (χ0n) is 57.0. The molecule has 0 aliphatic carbocycles. The van der Waals surface area contributed by atoms with E-state index >= 15 is 0 Å². The number of hydrogen-bond acceptors (Lipinski definition) is 7.